The molecule has 2 amide bonds. The van der Waals surface area contributed by atoms with E-state index in [1.165, 1.54) is 0 Å². The van der Waals surface area contributed by atoms with Gasteiger partial charge in [0.05, 0.1) is 5.52 Å². The average molecular weight is 394 g/mol. The van der Waals surface area contributed by atoms with E-state index in [-0.39, 0.29) is 18.0 Å². The van der Waals surface area contributed by atoms with Crippen molar-refractivity contribution < 1.29 is 14.3 Å². The Morgan fingerprint density at radius 3 is 2.59 bits per heavy atom. The van der Waals surface area contributed by atoms with Gasteiger partial charge in [0.15, 0.2) is 5.69 Å². The molecule has 7 nitrogen and oxygen atoms in total. The number of aromatic nitrogens is 2. The van der Waals surface area contributed by atoms with Crippen LogP contribution in [-0.4, -0.2) is 51.6 Å². The summed E-state index contributed by atoms with van der Waals surface area (Å²) in [7, 11) is 0. The molecule has 0 unspecified atom stereocenters. The van der Waals surface area contributed by atoms with Gasteiger partial charge in [-0.25, -0.2) is 9.78 Å². The Balaban J connectivity index is 1.44. The second-order valence-electron chi connectivity index (χ2n) is 8.47. The average Bonchev–Trinajstić information content (AvgIpc) is 3.06. The van der Waals surface area contributed by atoms with E-state index < -0.39 is 5.60 Å². The molecular formula is C22H26N4O3. The van der Waals surface area contributed by atoms with E-state index in [2.05, 4.69) is 15.3 Å². The van der Waals surface area contributed by atoms with Crippen LogP contribution < -0.4 is 5.32 Å². The van der Waals surface area contributed by atoms with Crippen molar-refractivity contribution >= 4 is 33.8 Å². The molecule has 3 aromatic rings. The Hall–Kier alpha value is -3.09. The lowest BCUT2D eigenvalue weighted by molar-refractivity contribution is 0.0199. The molecule has 1 aliphatic rings. The molecule has 0 atom stereocenters. The van der Waals surface area contributed by atoms with Crippen LogP contribution >= 0.6 is 0 Å². The van der Waals surface area contributed by atoms with E-state index in [4.69, 9.17) is 4.74 Å². The van der Waals surface area contributed by atoms with Crippen molar-refractivity contribution in [2.24, 2.45) is 0 Å². The summed E-state index contributed by atoms with van der Waals surface area (Å²) in [5.41, 5.74) is 1.62. The molecule has 4 rings (SSSR count). The highest BCUT2D eigenvalue weighted by Gasteiger charge is 2.28. The lowest BCUT2D eigenvalue weighted by Gasteiger charge is -2.33. The summed E-state index contributed by atoms with van der Waals surface area (Å²) in [5, 5.41) is 5.14. The fourth-order valence-electron chi connectivity index (χ4n) is 3.73. The van der Waals surface area contributed by atoms with Crippen molar-refractivity contribution in [2.45, 2.75) is 45.3 Å². The Kier molecular flexibility index (Phi) is 4.90. The summed E-state index contributed by atoms with van der Waals surface area (Å²) in [6, 6.07) is 9.88. The monoisotopic (exact) mass is 394 g/mol. The predicted octanol–water partition coefficient (Wildman–Crippen LogP) is 3.85. The van der Waals surface area contributed by atoms with Crippen LogP contribution in [0, 0.1) is 0 Å². The van der Waals surface area contributed by atoms with Gasteiger partial charge in [-0.05, 0) is 45.7 Å². The van der Waals surface area contributed by atoms with Gasteiger partial charge in [0.1, 0.15) is 5.60 Å². The van der Waals surface area contributed by atoms with E-state index in [0.717, 1.165) is 21.8 Å². The van der Waals surface area contributed by atoms with Crippen LogP contribution in [0.15, 0.2) is 36.5 Å². The smallest absolute Gasteiger partial charge is 0.410 e. The van der Waals surface area contributed by atoms with Gasteiger partial charge in [-0.3, -0.25) is 4.79 Å². The molecule has 7 heteroatoms. The lowest BCUT2D eigenvalue weighted by Crippen LogP contribution is -2.47. The molecule has 1 saturated heterocycles. The highest BCUT2D eigenvalue weighted by molar-refractivity contribution is 6.13. The molecule has 0 aliphatic carbocycles. The van der Waals surface area contributed by atoms with Crippen molar-refractivity contribution in [2.75, 3.05) is 13.1 Å². The molecule has 152 valence electrons. The predicted molar refractivity (Wildman–Crippen MR) is 112 cm³/mol. The molecule has 1 aliphatic heterocycles. The maximum atomic E-state index is 12.9. The maximum Gasteiger partial charge on any atom is 0.410 e. The number of rotatable bonds is 2. The first-order chi connectivity index (χ1) is 13.8. The normalized spacial score (nSPS) is 15.6. The van der Waals surface area contributed by atoms with Crippen LogP contribution in [0.5, 0.6) is 0 Å². The quantitative estimate of drug-likeness (QED) is 0.691. The Morgan fingerprint density at radius 2 is 1.86 bits per heavy atom. The second-order valence-corrected chi connectivity index (χ2v) is 8.47. The SMILES string of the molecule is CC(C)(C)OC(=O)N1CCC(NC(=O)c2nccc3c2[nH]c2ccccc23)CC1. The van der Waals surface area contributed by atoms with Crippen LogP contribution in [0.4, 0.5) is 4.79 Å². The fourth-order valence-corrected chi connectivity index (χ4v) is 3.73. The summed E-state index contributed by atoms with van der Waals surface area (Å²) in [6.07, 6.45) is 2.75. The number of fused-ring (bicyclic) bond motifs is 3. The number of benzene rings is 1. The number of ether oxygens (including phenoxy) is 1. The topological polar surface area (TPSA) is 87.3 Å². The molecule has 0 spiro atoms. The number of amides is 2. The van der Waals surface area contributed by atoms with Crippen LogP contribution in [0.1, 0.15) is 44.1 Å². The first-order valence-electron chi connectivity index (χ1n) is 9.96. The Bertz CT molecular complexity index is 1060. The third-order valence-corrected chi connectivity index (χ3v) is 5.12. The number of carbonyl (C=O) groups excluding carboxylic acids is 2. The largest absolute Gasteiger partial charge is 0.444 e. The van der Waals surface area contributed by atoms with Gasteiger partial charge >= 0.3 is 6.09 Å². The summed E-state index contributed by atoms with van der Waals surface area (Å²) in [5.74, 6) is -0.196. The zero-order chi connectivity index (χ0) is 20.6. The van der Waals surface area contributed by atoms with Crippen molar-refractivity contribution in [1.82, 2.24) is 20.2 Å². The van der Waals surface area contributed by atoms with Crippen molar-refractivity contribution in [1.29, 1.82) is 0 Å². The highest BCUT2D eigenvalue weighted by atomic mass is 16.6. The molecular weight excluding hydrogens is 368 g/mol. The van der Waals surface area contributed by atoms with Gasteiger partial charge in [-0.2, -0.15) is 0 Å². The van der Waals surface area contributed by atoms with Crippen molar-refractivity contribution in [3.63, 3.8) is 0 Å². The van der Waals surface area contributed by atoms with Crippen LogP contribution in [-0.2, 0) is 4.74 Å². The van der Waals surface area contributed by atoms with Crippen LogP contribution in [0.2, 0.25) is 0 Å². The van der Waals surface area contributed by atoms with Gasteiger partial charge in [0.25, 0.3) is 5.91 Å². The highest BCUT2D eigenvalue weighted by Crippen LogP contribution is 2.26. The number of H-pyrrole nitrogens is 1. The number of nitrogens with one attached hydrogen (secondary N) is 2. The van der Waals surface area contributed by atoms with Crippen LogP contribution in [0.25, 0.3) is 21.8 Å². The molecule has 29 heavy (non-hydrogen) atoms. The van der Waals surface area contributed by atoms with E-state index in [0.29, 0.717) is 31.6 Å². The Morgan fingerprint density at radius 1 is 1.14 bits per heavy atom. The summed E-state index contributed by atoms with van der Waals surface area (Å²) in [6.45, 7) is 6.69. The van der Waals surface area contributed by atoms with Gasteiger partial charge < -0.3 is 19.9 Å². The number of piperidine rings is 1. The maximum absolute atomic E-state index is 12.9. The minimum Gasteiger partial charge on any atom is -0.444 e. The number of pyridine rings is 1. The van der Waals surface area contributed by atoms with Crippen molar-refractivity contribution in [3.8, 4) is 0 Å². The van der Waals surface area contributed by atoms with Crippen molar-refractivity contribution in [3.05, 3.63) is 42.2 Å². The number of nitrogens with zero attached hydrogens (tertiary/aromatic N) is 2. The number of carbonyl (C=O) groups is 2. The standard InChI is InChI=1S/C22H26N4O3/c1-22(2,3)29-21(28)26-12-9-14(10-13-26)24-20(27)19-18-16(8-11-23-19)15-6-4-5-7-17(15)25-18/h4-8,11,14,25H,9-10,12-13H2,1-3H3,(H,24,27). The molecule has 1 fully saturated rings. The first-order valence-corrected chi connectivity index (χ1v) is 9.96. The first kappa shape index (κ1) is 19.2. The third-order valence-electron chi connectivity index (χ3n) is 5.12. The van der Waals surface area contributed by atoms with Gasteiger partial charge in [0, 0.05) is 41.6 Å². The van der Waals surface area contributed by atoms with Crippen LogP contribution in [0.3, 0.4) is 0 Å². The summed E-state index contributed by atoms with van der Waals surface area (Å²) in [4.78, 5) is 34.4. The minimum atomic E-state index is -0.508. The number of para-hydroxylation sites is 1. The summed E-state index contributed by atoms with van der Waals surface area (Å²) < 4.78 is 5.43. The molecule has 0 saturated carbocycles. The molecule has 3 heterocycles. The van der Waals surface area contributed by atoms with E-state index in [9.17, 15) is 9.59 Å². The number of aromatic amines is 1. The molecule has 1 aromatic carbocycles. The number of likely N-dealkylation sites (tertiary alicyclic amines) is 1. The zero-order valence-corrected chi connectivity index (χ0v) is 17.0. The van der Waals surface area contributed by atoms with Gasteiger partial charge in [0.2, 0.25) is 0 Å². The number of hydrogen-bond donors (Lipinski definition) is 2. The second kappa shape index (κ2) is 7.39. The molecule has 0 radical (unpaired) electrons. The fraction of sp³-hybridized carbons (Fsp3) is 0.409. The van der Waals surface area contributed by atoms with E-state index in [1.54, 1.807) is 11.1 Å². The Labute approximate surface area is 169 Å². The molecule has 0 bridgehead atoms. The van der Waals surface area contributed by atoms with Gasteiger partial charge in [-0.15, -0.1) is 0 Å². The zero-order valence-electron chi connectivity index (χ0n) is 17.0. The molecule has 2 N–H and O–H groups in total. The third kappa shape index (κ3) is 4.04. The minimum absolute atomic E-state index is 0.00243. The number of hydrogen-bond acceptors (Lipinski definition) is 4. The summed E-state index contributed by atoms with van der Waals surface area (Å²) >= 11 is 0. The lowest BCUT2D eigenvalue weighted by atomic mass is 10.0. The molecule has 2 aromatic heterocycles. The van der Waals surface area contributed by atoms with E-state index >= 15 is 0 Å². The van der Waals surface area contributed by atoms with Gasteiger partial charge in [-0.1, -0.05) is 18.2 Å². The van der Waals surface area contributed by atoms with E-state index in [1.807, 2.05) is 51.1 Å².